The van der Waals surface area contributed by atoms with E-state index < -0.39 is 35.3 Å². The van der Waals surface area contributed by atoms with E-state index in [4.69, 9.17) is 4.74 Å². The highest BCUT2D eigenvalue weighted by Crippen LogP contribution is 2.32. The molecular formula is C19H16F3NO4. The van der Waals surface area contributed by atoms with Crippen LogP contribution in [0.25, 0.3) is 0 Å². The van der Waals surface area contributed by atoms with Crippen molar-refractivity contribution >= 4 is 11.9 Å². The Balaban J connectivity index is 1.65. The predicted octanol–water partition coefficient (Wildman–Crippen LogP) is 3.23. The highest BCUT2D eigenvalue weighted by Gasteiger charge is 2.35. The molecule has 27 heavy (non-hydrogen) atoms. The van der Waals surface area contributed by atoms with Gasteiger partial charge in [-0.15, -0.1) is 0 Å². The van der Waals surface area contributed by atoms with Gasteiger partial charge < -0.3 is 14.8 Å². The number of carbonyl (C=O) groups excluding carboxylic acids is 2. The van der Waals surface area contributed by atoms with Crippen molar-refractivity contribution in [2.75, 3.05) is 13.7 Å². The molecule has 5 nitrogen and oxygen atoms in total. The lowest BCUT2D eigenvalue weighted by atomic mass is 10.1. The molecule has 0 saturated carbocycles. The Hall–Kier alpha value is -3.03. The highest BCUT2D eigenvalue weighted by molar-refractivity contribution is 5.96. The van der Waals surface area contributed by atoms with Crippen LogP contribution in [-0.2, 0) is 17.3 Å². The molecule has 0 radical (unpaired) electrons. The monoisotopic (exact) mass is 379 g/mol. The smallest absolute Gasteiger partial charge is 0.417 e. The fourth-order valence-electron chi connectivity index (χ4n) is 2.91. The number of methoxy groups -OCH3 is 1. The number of hydrogen-bond acceptors (Lipinski definition) is 4. The molecular weight excluding hydrogens is 363 g/mol. The van der Waals surface area contributed by atoms with Crippen LogP contribution < -0.4 is 10.1 Å². The normalized spacial score (nSPS) is 15.6. The Morgan fingerprint density at radius 3 is 2.67 bits per heavy atom. The minimum Gasteiger partial charge on any atom is -0.488 e. The first-order valence-electron chi connectivity index (χ1n) is 8.12. The van der Waals surface area contributed by atoms with Gasteiger partial charge in [0.25, 0.3) is 5.91 Å². The molecule has 0 aromatic heterocycles. The SMILES string of the molecule is COC(=O)c1ccc2c(c1)CC(CNC(=O)c1ccccc1C(F)(F)F)O2. The number of benzene rings is 2. The Bertz CT molecular complexity index is 879. The van der Waals surface area contributed by atoms with Crippen LogP contribution >= 0.6 is 0 Å². The Morgan fingerprint density at radius 2 is 1.96 bits per heavy atom. The first-order valence-corrected chi connectivity index (χ1v) is 8.12. The summed E-state index contributed by atoms with van der Waals surface area (Å²) >= 11 is 0. The van der Waals surface area contributed by atoms with E-state index in [9.17, 15) is 22.8 Å². The van der Waals surface area contributed by atoms with Gasteiger partial charge in [-0.25, -0.2) is 4.79 Å². The van der Waals surface area contributed by atoms with Gasteiger partial charge >= 0.3 is 12.1 Å². The highest BCUT2D eigenvalue weighted by atomic mass is 19.4. The number of esters is 1. The molecule has 1 aliphatic rings. The third-order valence-electron chi connectivity index (χ3n) is 4.19. The molecule has 3 rings (SSSR count). The predicted molar refractivity (Wildman–Crippen MR) is 89.7 cm³/mol. The van der Waals surface area contributed by atoms with E-state index in [0.29, 0.717) is 17.7 Å². The number of fused-ring (bicyclic) bond motifs is 1. The fraction of sp³-hybridized carbons (Fsp3) is 0.263. The standard InChI is InChI=1S/C19H16F3NO4/c1-26-18(25)11-6-7-16-12(8-11)9-13(27-16)10-23-17(24)14-4-2-3-5-15(14)19(20,21)22/h2-8,13H,9-10H2,1H3,(H,23,24). The van der Waals surface area contributed by atoms with Crippen LogP contribution in [0, 0.1) is 0 Å². The van der Waals surface area contributed by atoms with E-state index in [2.05, 4.69) is 10.1 Å². The van der Waals surface area contributed by atoms with E-state index in [0.717, 1.165) is 17.7 Å². The molecule has 142 valence electrons. The third kappa shape index (κ3) is 4.05. The van der Waals surface area contributed by atoms with Crippen molar-refractivity contribution in [1.29, 1.82) is 0 Å². The van der Waals surface area contributed by atoms with Crippen LogP contribution in [0.5, 0.6) is 5.75 Å². The summed E-state index contributed by atoms with van der Waals surface area (Å²) in [5.41, 5.74) is -0.272. The summed E-state index contributed by atoms with van der Waals surface area (Å²) in [5, 5.41) is 2.48. The third-order valence-corrected chi connectivity index (χ3v) is 4.19. The maximum atomic E-state index is 13.0. The van der Waals surface area contributed by atoms with Gasteiger partial charge in [-0.05, 0) is 35.9 Å². The van der Waals surface area contributed by atoms with Gasteiger partial charge in [0.2, 0.25) is 0 Å². The van der Waals surface area contributed by atoms with Crippen LogP contribution in [0.15, 0.2) is 42.5 Å². The molecule has 8 heteroatoms. The second-order valence-corrected chi connectivity index (χ2v) is 6.01. The molecule has 0 saturated heterocycles. The summed E-state index contributed by atoms with van der Waals surface area (Å²) in [4.78, 5) is 23.8. The van der Waals surface area contributed by atoms with Crippen molar-refractivity contribution in [3.63, 3.8) is 0 Å². The Labute approximate surface area is 153 Å². The van der Waals surface area contributed by atoms with Gasteiger partial charge in [0.05, 0.1) is 30.3 Å². The summed E-state index contributed by atoms with van der Waals surface area (Å²) in [6.45, 7) is 0.0350. The zero-order chi connectivity index (χ0) is 19.6. The van der Waals surface area contributed by atoms with Crippen LogP contribution in [0.4, 0.5) is 13.2 Å². The van der Waals surface area contributed by atoms with Gasteiger partial charge in [0.1, 0.15) is 11.9 Å². The zero-order valence-corrected chi connectivity index (χ0v) is 14.3. The summed E-state index contributed by atoms with van der Waals surface area (Å²) in [5.74, 6) is -0.728. The van der Waals surface area contributed by atoms with Crippen molar-refractivity contribution in [1.82, 2.24) is 5.32 Å². The number of hydrogen-bond donors (Lipinski definition) is 1. The lowest BCUT2D eigenvalue weighted by molar-refractivity contribution is -0.137. The molecule has 0 bridgehead atoms. The summed E-state index contributed by atoms with van der Waals surface area (Å²) in [6, 6.07) is 9.43. The molecule has 1 atom stereocenters. The van der Waals surface area contributed by atoms with Crippen molar-refractivity contribution in [3.8, 4) is 5.75 Å². The molecule has 1 amide bonds. The first kappa shape index (κ1) is 18.8. The first-order chi connectivity index (χ1) is 12.8. The van der Waals surface area contributed by atoms with E-state index in [1.807, 2.05) is 0 Å². The van der Waals surface area contributed by atoms with E-state index >= 15 is 0 Å². The molecule has 1 unspecified atom stereocenters. The number of carbonyl (C=O) groups is 2. The zero-order valence-electron chi connectivity index (χ0n) is 14.3. The van der Waals surface area contributed by atoms with Gasteiger partial charge in [-0.1, -0.05) is 12.1 Å². The lowest BCUT2D eigenvalue weighted by Crippen LogP contribution is -2.35. The number of ether oxygens (including phenoxy) is 2. The summed E-state index contributed by atoms with van der Waals surface area (Å²) in [6.07, 6.45) is -4.63. The van der Waals surface area contributed by atoms with E-state index in [-0.39, 0.29) is 6.54 Å². The number of rotatable bonds is 4. The minimum atomic E-state index is -4.61. The van der Waals surface area contributed by atoms with Crippen LogP contribution in [0.3, 0.4) is 0 Å². The largest absolute Gasteiger partial charge is 0.488 e. The number of alkyl halides is 3. The molecule has 2 aromatic carbocycles. The van der Waals surface area contributed by atoms with Crippen LogP contribution in [-0.4, -0.2) is 31.6 Å². The molecule has 0 aliphatic carbocycles. The lowest BCUT2D eigenvalue weighted by Gasteiger charge is -2.15. The van der Waals surface area contributed by atoms with Gasteiger partial charge in [-0.2, -0.15) is 13.2 Å². The van der Waals surface area contributed by atoms with Crippen LogP contribution in [0.2, 0.25) is 0 Å². The number of halogens is 3. The Morgan fingerprint density at radius 1 is 1.22 bits per heavy atom. The summed E-state index contributed by atoms with van der Waals surface area (Å²) < 4.78 is 49.4. The quantitative estimate of drug-likeness (QED) is 0.829. The van der Waals surface area contributed by atoms with Crippen LogP contribution in [0.1, 0.15) is 31.8 Å². The Kier molecular flexibility index (Phi) is 5.07. The maximum Gasteiger partial charge on any atom is 0.417 e. The van der Waals surface area contributed by atoms with Crippen molar-refractivity contribution in [2.24, 2.45) is 0 Å². The van der Waals surface area contributed by atoms with E-state index in [1.54, 1.807) is 18.2 Å². The number of amides is 1. The topological polar surface area (TPSA) is 64.6 Å². The van der Waals surface area contributed by atoms with Crippen molar-refractivity contribution in [3.05, 3.63) is 64.7 Å². The van der Waals surface area contributed by atoms with Gasteiger partial charge in [-0.3, -0.25) is 4.79 Å². The summed E-state index contributed by atoms with van der Waals surface area (Å²) in [7, 11) is 1.28. The second-order valence-electron chi connectivity index (χ2n) is 6.01. The average Bonchev–Trinajstić information content (AvgIpc) is 3.06. The maximum absolute atomic E-state index is 13.0. The number of nitrogens with one attached hydrogen (secondary N) is 1. The average molecular weight is 379 g/mol. The van der Waals surface area contributed by atoms with Crippen molar-refractivity contribution in [2.45, 2.75) is 18.7 Å². The molecule has 1 aliphatic heterocycles. The molecule has 1 heterocycles. The van der Waals surface area contributed by atoms with Crippen molar-refractivity contribution < 1.29 is 32.2 Å². The van der Waals surface area contributed by atoms with E-state index in [1.165, 1.54) is 19.2 Å². The second kappa shape index (κ2) is 7.30. The molecule has 2 aromatic rings. The van der Waals surface area contributed by atoms with Gasteiger partial charge in [0.15, 0.2) is 0 Å². The fourth-order valence-corrected chi connectivity index (χ4v) is 2.91. The van der Waals surface area contributed by atoms with Gasteiger partial charge in [0, 0.05) is 6.42 Å². The molecule has 0 fully saturated rings. The minimum absolute atomic E-state index is 0.0350. The molecule has 1 N–H and O–H groups in total. The molecule has 0 spiro atoms.